The van der Waals surface area contributed by atoms with Crippen molar-refractivity contribution >= 4 is 21.6 Å². The molecule has 0 atom stereocenters. The van der Waals surface area contributed by atoms with Gasteiger partial charge in [-0.1, -0.05) is 12.1 Å². The Kier molecular flexibility index (Phi) is 5.75. The fourth-order valence-electron chi connectivity index (χ4n) is 1.95. The highest BCUT2D eigenvalue weighted by molar-refractivity contribution is 7.89. The summed E-state index contributed by atoms with van der Waals surface area (Å²) in [5.74, 6) is -0.0940. The van der Waals surface area contributed by atoms with Crippen LogP contribution in [0.4, 0.5) is 5.69 Å². The van der Waals surface area contributed by atoms with Crippen molar-refractivity contribution in [1.29, 1.82) is 5.26 Å². The van der Waals surface area contributed by atoms with Gasteiger partial charge in [0, 0.05) is 19.8 Å². The zero-order valence-electron chi connectivity index (χ0n) is 13.8. The minimum atomic E-state index is -3.51. The molecular formula is C17H17N3O4S. The van der Waals surface area contributed by atoms with Gasteiger partial charge < -0.3 is 10.1 Å². The van der Waals surface area contributed by atoms with Gasteiger partial charge in [0.25, 0.3) is 5.91 Å². The molecule has 8 heteroatoms. The molecule has 2 aromatic rings. The number of anilines is 1. The minimum absolute atomic E-state index is 0.134. The lowest BCUT2D eigenvalue weighted by atomic mass is 10.2. The number of sulfonamides is 1. The van der Waals surface area contributed by atoms with Gasteiger partial charge in [-0.2, -0.15) is 5.26 Å². The van der Waals surface area contributed by atoms with E-state index in [9.17, 15) is 13.2 Å². The van der Waals surface area contributed by atoms with Gasteiger partial charge in [0.2, 0.25) is 10.0 Å². The predicted molar refractivity (Wildman–Crippen MR) is 92.6 cm³/mol. The van der Waals surface area contributed by atoms with Crippen molar-refractivity contribution in [2.45, 2.75) is 4.90 Å². The lowest BCUT2D eigenvalue weighted by molar-refractivity contribution is -0.118. The summed E-state index contributed by atoms with van der Waals surface area (Å²) in [6.07, 6.45) is 0. The highest BCUT2D eigenvalue weighted by atomic mass is 32.2. The van der Waals surface area contributed by atoms with Crippen molar-refractivity contribution in [2.75, 3.05) is 26.0 Å². The molecule has 0 bridgehead atoms. The van der Waals surface area contributed by atoms with E-state index in [4.69, 9.17) is 10.00 Å². The molecule has 0 fully saturated rings. The van der Waals surface area contributed by atoms with E-state index in [1.165, 1.54) is 38.4 Å². The van der Waals surface area contributed by atoms with E-state index in [1.807, 2.05) is 6.07 Å². The Morgan fingerprint density at radius 2 is 1.80 bits per heavy atom. The van der Waals surface area contributed by atoms with Gasteiger partial charge in [-0.25, -0.2) is 12.7 Å². The van der Waals surface area contributed by atoms with Crippen LogP contribution in [0.15, 0.2) is 53.4 Å². The quantitative estimate of drug-likeness (QED) is 0.848. The number of ether oxygens (including phenoxy) is 1. The molecule has 7 nitrogen and oxygen atoms in total. The number of rotatable bonds is 6. The Morgan fingerprint density at radius 3 is 2.40 bits per heavy atom. The third-order valence-electron chi connectivity index (χ3n) is 3.28. The maximum Gasteiger partial charge on any atom is 0.262 e. The number of nitrogens with zero attached hydrogens (tertiary/aromatic N) is 2. The summed E-state index contributed by atoms with van der Waals surface area (Å²) in [5.41, 5.74) is 0.786. The number of carbonyl (C=O) groups excluding carboxylic acids is 1. The summed E-state index contributed by atoms with van der Waals surface area (Å²) in [7, 11) is -0.619. The molecule has 0 aliphatic heterocycles. The third kappa shape index (κ3) is 4.56. The molecule has 0 saturated carbocycles. The van der Waals surface area contributed by atoms with E-state index in [1.54, 1.807) is 24.3 Å². The summed E-state index contributed by atoms with van der Waals surface area (Å²) < 4.78 is 30.4. The van der Waals surface area contributed by atoms with Gasteiger partial charge in [-0.3, -0.25) is 4.79 Å². The van der Waals surface area contributed by atoms with Crippen LogP contribution in [-0.4, -0.2) is 39.3 Å². The second-order valence-electron chi connectivity index (χ2n) is 5.26. The molecule has 0 spiro atoms. The highest BCUT2D eigenvalue weighted by Gasteiger charge is 2.16. The van der Waals surface area contributed by atoms with E-state index in [2.05, 4.69) is 5.32 Å². The monoisotopic (exact) mass is 359 g/mol. The first-order valence-corrected chi connectivity index (χ1v) is 8.73. The van der Waals surface area contributed by atoms with E-state index in [0.717, 1.165) is 4.31 Å². The molecule has 1 N–H and O–H groups in total. The standard InChI is InChI=1S/C17H17N3O4S/c1-20(2)25(22,23)15-9-7-14(8-10-15)19-17(21)12-24-16-6-4-3-5-13(16)11-18/h3-10H,12H2,1-2H3,(H,19,21). The number of carbonyl (C=O) groups is 1. The number of benzene rings is 2. The molecule has 0 radical (unpaired) electrons. The smallest absolute Gasteiger partial charge is 0.262 e. The maximum absolute atomic E-state index is 12.0. The van der Waals surface area contributed by atoms with Gasteiger partial charge in [-0.15, -0.1) is 0 Å². The second-order valence-corrected chi connectivity index (χ2v) is 7.41. The molecule has 25 heavy (non-hydrogen) atoms. The van der Waals surface area contributed by atoms with Crippen LogP contribution in [-0.2, 0) is 14.8 Å². The van der Waals surface area contributed by atoms with E-state index in [0.29, 0.717) is 17.0 Å². The van der Waals surface area contributed by atoms with Crippen molar-refractivity contribution in [1.82, 2.24) is 4.31 Å². The van der Waals surface area contributed by atoms with Crippen LogP contribution in [0.5, 0.6) is 5.75 Å². The van der Waals surface area contributed by atoms with Gasteiger partial charge >= 0.3 is 0 Å². The molecule has 0 saturated heterocycles. The Balaban J connectivity index is 1.98. The number of amides is 1. The first-order valence-electron chi connectivity index (χ1n) is 7.29. The number of hydrogen-bond donors (Lipinski definition) is 1. The van der Waals surface area contributed by atoms with E-state index < -0.39 is 15.9 Å². The molecular weight excluding hydrogens is 342 g/mol. The van der Waals surface area contributed by atoms with Crippen LogP contribution >= 0.6 is 0 Å². The SMILES string of the molecule is CN(C)S(=O)(=O)c1ccc(NC(=O)COc2ccccc2C#N)cc1. The van der Waals surface area contributed by atoms with E-state index in [-0.39, 0.29) is 11.5 Å². The Hall–Kier alpha value is -2.89. The van der Waals surface area contributed by atoms with Crippen LogP contribution < -0.4 is 10.1 Å². The zero-order valence-corrected chi connectivity index (χ0v) is 14.6. The first-order chi connectivity index (χ1) is 11.8. The second kappa shape index (κ2) is 7.79. The van der Waals surface area contributed by atoms with Gasteiger partial charge in [0.15, 0.2) is 6.61 Å². The predicted octanol–water partition coefficient (Wildman–Crippen LogP) is 1.83. The minimum Gasteiger partial charge on any atom is -0.482 e. The van der Waals surface area contributed by atoms with Crippen molar-refractivity contribution in [3.63, 3.8) is 0 Å². The molecule has 2 rings (SSSR count). The lowest BCUT2D eigenvalue weighted by Crippen LogP contribution is -2.22. The normalized spacial score (nSPS) is 11.0. The number of nitrogens with one attached hydrogen (secondary N) is 1. The number of nitriles is 1. The number of hydrogen-bond acceptors (Lipinski definition) is 5. The fourth-order valence-corrected chi connectivity index (χ4v) is 2.85. The van der Waals surface area contributed by atoms with Crippen molar-refractivity contribution in [2.24, 2.45) is 0 Å². The summed E-state index contributed by atoms with van der Waals surface area (Å²) >= 11 is 0. The molecule has 0 unspecified atom stereocenters. The summed E-state index contributed by atoms with van der Waals surface area (Å²) in [6, 6.07) is 14.4. The van der Waals surface area contributed by atoms with Gasteiger partial charge in [0.1, 0.15) is 11.8 Å². The van der Waals surface area contributed by atoms with Crippen molar-refractivity contribution < 1.29 is 17.9 Å². The molecule has 1 amide bonds. The highest BCUT2D eigenvalue weighted by Crippen LogP contribution is 2.18. The number of para-hydroxylation sites is 1. The van der Waals surface area contributed by atoms with Gasteiger partial charge in [-0.05, 0) is 36.4 Å². The van der Waals surface area contributed by atoms with E-state index >= 15 is 0 Å². The molecule has 2 aromatic carbocycles. The third-order valence-corrected chi connectivity index (χ3v) is 5.11. The average molecular weight is 359 g/mol. The Labute approximate surface area is 146 Å². The summed E-state index contributed by atoms with van der Waals surface area (Å²) in [4.78, 5) is 12.1. The summed E-state index contributed by atoms with van der Waals surface area (Å²) in [6.45, 7) is -0.267. The summed E-state index contributed by atoms with van der Waals surface area (Å²) in [5, 5.41) is 11.6. The largest absolute Gasteiger partial charge is 0.482 e. The van der Waals surface area contributed by atoms with Crippen LogP contribution in [0.2, 0.25) is 0 Å². The van der Waals surface area contributed by atoms with Crippen LogP contribution in [0.1, 0.15) is 5.56 Å². The lowest BCUT2D eigenvalue weighted by Gasteiger charge is -2.12. The molecule has 130 valence electrons. The van der Waals surface area contributed by atoms with Crippen molar-refractivity contribution in [3.8, 4) is 11.8 Å². The first kappa shape index (κ1) is 18.4. The van der Waals surface area contributed by atoms with Crippen LogP contribution in [0.3, 0.4) is 0 Å². The zero-order chi connectivity index (χ0) is 18.4. The van der Waals surface area contributed by atoms with Crippen molar-refractivity contribution in [3.05, 3.63) is 54.1 Å². The molecule has 0 aliphatic rings. The van der Waals surface area contributed by atoms with Gasteiger partial charge in [0.05, 0.1) is 10.5 Å². The van der Waals surface area contributed by atoms with Crippen LogP contribution in [0.25, 0.3) is 0 Å². The Morgan fingerprint density at radius 1 is 1.16 bits per heavy atom. The average Bonchev–Trinajstić information content (AvgIpc) is 2.60. The Bertz CT molecular complexity index is 900. The molecule has 0 aliphatic carbocycles. The fraction of sp³-hybridized carbons (Fsp3) is 0.176. The molecule has 0 heterocycles. The van der Waals surface area contributed by atoms with Crippen LogP contribution in [0, 0.1) is 11.3 Å². The topological polar surface area (TPSA) is 99.5 Å². The molecule has 0 aromatic heterocycles. The maximum atomic E-state index is 12.0.